The van der Waals surface area contributed by atoms with Crippen molar-refractivity contribution in [1.82, 2.24) is 14.7 Å². The van der Waals surface area contributed by atoms with Crippen molar-refractivity contribution in [3.8, 4) is 17.2 Å². The fourth-order valence-corrected chi connectivity index (χ4v) is 4.85. The van der Waals surface area contributed by atoms with E-state index in [1.165, 1.54) is 0 Å². The van der Waals surface area contributed by atoms with E-state index in [4.69, 9.17) is 23.4 Å². The SMILES string of the molecule is COc1ccccc1NC(=O)N(CCCN1CCOCC1)CC(=O)N(Cc1ccc2c(c1)OCO2)Cc1ccco1. The Morgan fingerprint density at radius 2 is 1.80 bits per heavy atom. The first kappa shape index (κ1) is 28.3. The van der Waals surface area contributed by atoms with Gasteiger partial charge in [-0.3, -0.25) is 9.69 Å². The van der Waals surface area contributed by atoms with Crippen LogP contribution in [0, 0.1) is 0 Å². The smallest absolute Gasteiger partial charge is 0.322 e. The molecule has 0 radical (unpaired) electrons. The van der Waals surface area contributed by atoms with Gasteiger partial charge in [0, 0.05) is 32.7 Å². The normalized spacial score (nSPS) is 14.5. The second-order valence-corrected chi connectivity index (χ2v) is 9.88. The minimum Gasteiger partial charge on any atom is -0.495 e. The average molecular weight is 565 g/mol. The van der Waals surface area contributed by atoms with E-state index in [1.54, 1.807) is 41.4 Å². The zero-order valence-corrected chi connectivity index (χ0v) is 23.3. The van der Waals surface area contributed by atoms with Crippen LogP contribution in [0.15, 0.2) is 65.3 Å². The third-order valence-electron chi connectivity index (χ3n) is 7.06. The molecule has 0 spiro atoms. The number of anilines is 1. The third-order valence-corrected chi connectivity index (χ3v) is 7.06. The van der Waals surface area contributed by atoms with Gasteiger partial charge >= 0.3 is 6.03 Å². The Kier molecular flexibility index (Phi) is 9.61. The van der Waals surface area contributed by atoms with Crippen molar-refractivity contribution in [2.75, 3.05) is 65.2 Å². The summed E-state index contributed by atoms with van der Waals surface area (Å²) in [6.45, 7) is 4.99. The highest BCUT2D eigenvalue weighted by Gasteiger charge is 2.24. The number of ether oxygens (including phenoxy) is 4. The molecule has 1 saturated heterocycles. The molecule has 0 bridgehead atoms. The molecule has 2 aromatic carbocycles. The van der Waals surface area contributed by atoms with E-state index in [0.29, 0.717) is 61.4 Å². The van der Waals surface area contributed by atoms with Crippen LogP contribution in [-0.4, -0.2) is 86.5 Å². The predicted molar refractivity (Wildman–Crippen MR) is 151 cm³/mol. The number of carbonyl (C=O) groups excluding carboxylic acids is 2. The molecule has 41 heavy (non-hydrogen) atoms. The molecule has 3 heterocycles. The molecule has 3 aromatic rings. The van der Waals surface area contributed by atoms with Crippen LogP contribution in [0.3, 0.4) is 0 Å². The number of amides is 3. The zero-order chi connectivity index (χ0) is 28.4. The van der Waals surface area contributed by atoms with Gasteiger partial charge in [0.1, 0.15) is 18.1 Å². The Labute approximate surface area is 239 Å². The monoisotopic (exact) mass is 564 g/mol. The van der Waals surface area contributed by atoms with E-state index in [2.05, 4.69) is 10.2 Å². The third kappa shape index (κ3) is 7.71. The van der Waals surface area contributed by atoms with Crippen molar-refractivity contribution in [1.29, 1.82) is 0 Å². The number of hydrogen-bond donors (Lipinski definition) is 1. The van der Waals surface area contributed by atoms with Crippen LogP contribution in [0.25, 0.3) is 0 Å². The molecule has 11 heteroatoms. The van der Waals surface area contributed by atoms with E-state index < -0.39 is 0 Å². The number of fused-ring (bicyclic) bond motifs is 1. The van der Waals surface area contributed by atoms with Gasteiger partial charge in [-0.1, -0.05) is 18.2 Å². The first-order chi connectivity index (χ1) is 20.1. The van der Waals surface area contributed by atoms with Gasteiger partial charge in [0.2, 0.25) is 12.7 Å². The lowest BCUT2D eigenvalue weighted by Crippen LogP contribution is -2.45. The van der Waals surface area contributed by atoms with Gasteiger partial charge in [-0.2, -0.15) is 0 Å². The summed E-state index contributed by atoms with van der Waals surface area (Å²) < 4.78 is 27.4. The van der Waals surface area contributed by atoms with E-state index >= 15 is 0 Å². The molecule has 2 aliphatic heterocycles. The van der Waals surface area contributed by atoms with Crippen LogP contribution in [0.4, 0.5) is 10.5 Å². The summed E-state index contributed by atoms with van der Waals surface area (Å²) >= 11 is 0. The maximum atomic E-state index is 13.8. The lowest BCUT2D eigenvalue weighted by atomic mass is 10.2. The van der Waals surface area contributed by atoms with E-state index in [9.17, 15) is 9.59 Å². The van der Waals surface area contributed by atoms with Crippen molar-refractivity contribution in [3.63, 3.8) is 0 Å². The largest absolute Gasteiger partial charge is 0.495 e. The standard InChI is InChI=1S/C30H36N4O7/c1-37-26-8-3-2-7-25(26)31-30(36)33(12-5-11-32-13-16-38-17-14-32)21-29(35)34(20-24-6-4-15-39-24)19-23-9-10-27-28(18-23)41-22-40-27/h2-4,6-10,15,18H,5,11-14,16-17,19-22H2,1H3,(H,31,36). The number of urea groups is 1. The molecule has 1 N–H and O–H groups in total. The molecule has 0 aliphatic carbocycles. The van der Waals surface area contributed by atoms with Gasteiger partial charge in [0.15, 0.2) is 11.5 Å². The summed E-state index contributed by atoms with van der Waals surface area (Å²) in [5, 5.41) is 2.93. The summed E-state index contributed by atoms with van der Waals surface area (Å²) in [7, 11) is 1.55. The lowest BCUT2D eigenvalue weighted by Gasteiger charge is -2.30. The van der Waals surface area contributed by atoms with Crippen molar-refractivity contribution < 1.29 is 33.0 Å². The number of benzene rings is 2. The number of rotatable bonds is 12. The topological polar surface area (TPSA) is 106 Å². The number of nitrogens with zero attached hydrogens (tertiary/aromatic N) is 3. The van der Waals surface area contributed by atoms with Gasteiger partial charge in [-0.25, -0.2) is 4.79 Å². The van der Waals surface area contributed by atoms with Gasteiger partial charge in [-0.15, -0.1) is 0 Å². The number of nitrogens with one attached hydrogen (secondary N) is 1. The number of morpholine rings is 1. The van der Waals surface area contributed by atoms with Crippen LogP contribution in [0.2, 0.25) is 0 Å². The second-order valence-electron chi connectivity index (χ2n) is 9.88. The molecule has 5 rings (SSSR count). The summed E-state index contributed by atoms with van der Waals surface area (Å²) in [6, 6.07) is 16.1. The maximum Gasteiger partial charge on any atom is 0.322 e. The van der Waals surface area contributed by atoms with E-state index in [1.807, 2.05) is 36.4 Å². The van der Waals surface area contributed by atoms with Gasteiger partial charge < -0.3 is 38.5 Å². The van der Waals surface area contributed by atoms with E-state index in [-0.39, 0.29) is 31.8 Å². The summed E-state index contributed by atoms with van der Waals surface area (Å²) in [5.41, 5.74) is 1.42. The van der Waals surface area contributed by atoms with Crippen molar-refractivity contribution in [3.05, 3.63) is 72.2 Å². The Morgan fingerprint density at radius 1 is 0.976 bits per heavy atom. The molecule has 2 aliphatic rings. The molecule has 0 atom stereocenters. The van der Waals surface area contributed by atoms with Crippen molar-refractivity contribution in [2.45, 2.75) is 19.5 Å². The highest BCUT2D eigenvalue weighted by Crippen LogP contribution is 2.33. The number of carbonyl (C=O) groups is 2. The second kappa shape index (κ2) is 13.9. The highest BCUT2D eigenvalue weighted by molar-refractivity contribution is 5.93. The molecule has 0 saturated carbocycles. The highest BCUT2D eigenvalue weighted by atomic mass is 16.7. The Morgan fingerprint density at radius 3 is 2.61 bits per heavy atom. The van der Waals surface area contributed by atoms with Gasteiger partial charge in [0.25, 0.3) is 0 Å². The molecule has 1 aromatic heterocycles. The zero-order valence-electron chi connectivity index (χ0n) is 23.3. The number of methoxy groups -OCH3 is 1. The van der Waals surface area contributed by atoms with Crippen molar-refractivity contribution >= 4 is 17.6 Å². The predicted octanol–water partition coefficient (Wildman–Crippen LogP) is 3.80. The lowest BCUT2D eigenvalue weighted by molar-refractivity contribution is -0.133. The van der Waals surface area contributed by atoms with E-state index in [0.717, 1.165) is 25.2 Å². The Hall–Kier alpha value is -4.22. The first-order valence-corrected chi connectivity index (χ1v) is 13.8. The minimum atomic E-state index is -0.370. The van der Waals surface area contributed by atoms with Crippen LogP contribution in [0.5, 0.6) is 17.2 Å². The molecular formula is C30H36N4O7. The van der Waals surface area contributed by atoms with Crippen molar-refractivity contribution in [2.24, 2.45) is 0 Å². The number of hydrogen-bond acceptors (Lipinski definition) is 8. The minimum absolute atomic E-state index is 0.102. The quantitative estimate of drug-likeness (QED) is 0.354. The summed E-state index contributed by atoms with van der Waals surface area (Å²) in [6.07, 6.45) is 2.30. The summed E-state index contributed by atoms with van der Waals surface area (Å²) in [5.74, 6) is 2.31. The molecule has 1 fully saturated rings. The van der Waals surface area contributed by atoms with Crippen LogP contribution in [-0.2, 0) is 22.6 Å². The first-order valence-electron chi connectivity index (χ1n) is 13.8. The van der Waals surface area contributed by atoms with Crippen LogP contribution in [0.1, 0.15) is 17.7 Å². The Balaban J connectivity index is 1.31. The fraction of sp³-hybridized carbons (Fsp3) is 0.400. The van der Waals surface area contributed by atoms with Crippen LogP contribution < -0.4 is 19.5 Å². The average Bonchev–Trinajstić information content (AvgIpc) is 3.69. The van der Waals surface area contributed by atoms with Gasteiger partial charge in [-0.05, 0) is 48.4 Å². The summed E-state index contributed by atoms with van der Waals surface area (Å²) in [4.78, 5) is 32.9. The Bertz CT molecular complexity index is 1290. The number of furan rings is 1. The maximum absolute atomic E-state index is 13.8. The molecule has 218 valence electrons. The van der Waals surface area contributed by atoms with Gasteiger partial charge in [0.05, 0.1) is 38.8 Å². The number of para-hydroxylation sites is 2. The fourth-order valence-electron chi connectivity index (χ4n) is 4.85. The van der Waals surface area contributed by atoms with Crippen LogP contribution >= 0.6 is 0 Å². The molecular weight excluding hydrogens is 528 g/mol. The molecule has 0 unspecified atom stereocenters. The molecule has 3 amide bonds. The molecule has 11 nitrogen and oxygen atoms in total.